The van der Waals surface area contributed by atoms with Crippen LogP contribution in [-0.2, 0) is 0 Å². The van der Waals surface area contributed by atoms with E-state index in [-0.39, 0.29) is 16.6 Å². The summed E-state index contributed by atoms with van der Waals surface area (Å²) in [4.78, 5) is 34.8. The first-order chi connectivity index (χ1) is 10.0. The van der Waals surface area contributed by atoms with E-state index in [4.69, 9.17) is 0 Å². The number of benzene rings is 2. The summed E-state index contributed by atoms with van der Waals surface area (Å²) in [6.45, 7) is 0. The highest BCUT2D eigenvalue weighted by Crippen LogP contribution is 2.38. The average molecular weight is 285 g/mol. The van der Waals surface area contributed by atoms with E-state index >= 15 is 0 Å². The van der Waals surface area contributed by atoms with E-state index in [1.54, 1.807) is 6.07 Å². The van der Waals surface area contributed by atoms with E-state index in [0.29, 0.717) is 22.6 Å². The minimum Gasteiger partial charge on any atom is -0.360 e. The molecule has 0 aliphatic rings. The third-order valence-corrected chi connectivity index (χ3v) is 3.32. The van der Waals surface area contributed by atoms with Crippen molar-refractivity contribution in [3.63, 3.8) is 0 Å². The summed E-state index contributed by atoms with van der Waals surface area (Å²) in [6.07, 6.45) is 1.99. The molecule has 0 amide bonds. The van der Waals surface area contributed by atoms with Gasteiger partial charge >= 0.3 is 0 Å². The Hall–Kier alpha value is -3.29. The van der Waals surface area contributed by atoms with Crippen molar-refractivity contribution < 1.29 is 14.6 Å². The maximum Gasteiger partial charge on any atom is 0.284 e. The van der Waals surface area contributed by atoms with Crippen LogP contribution < -0.4 is 0 Å². The van der Waals surface area contributed by atoms with Crippen LogP contribution in [0.15, 0.2) is 30.5 Å². The molecular formula is C13H7N3O5. The molecule has 0 unspecified atom stereocenters. The number of carbonyl (C=O) groups is 1. The van der Waals surface area contributed by atoms with E-state index in [0.717, 1.165) is 0 Å². The standard InChI is InChI=1S/C13H7N3O5/c17-6-7-5-14-13-8-2-1-3-10(15(18)19)12(8)11(16(20)21)4-9(7)13/h1-6,14H. The fraction of sp³-hybridized carbons (Fsp3) is 0. The third-order valence-electron chi connectivity index (χ3n) is 3.32. The number of aromatic nitrogens is 1. The zero-order valence-corrected chi connectivity index (χ0v) is 10.4. The van der Waals surface area contributed by atoms with Crippen molar-refractivity contribution in [1.82, 2.24) is 4.98 Å². The molecule has 0 atom stereocenters. The van der Waals surface area contributed by atoms with Gasteiger partial charge in [-0.1, -0.05) is 12.1 Å². The number of non-ortho nitro benzene ring substituents is 2. The predicted molar refractivity (Wildman–Crippen MR) is 74.5 cm³/mol. The number of hydrogen-bond donors (Lipinski definition) is 1. The number of nitrogens with zero attached hydrogens (tertiary/aromatic N) is 2. The van der Waals surface area contributed by atoms with Gasteiger partial charge in [-0.05, 0) is 0 Å². The number of aldehydes is 1. The van der Waals surface area contributed by atoms with Crippen LogP contribution in [0.25, 0.3) is 21.7 Å². The van der Waals surface area contributed by atoms with E-state index in [1.165, 1.54) is 24.4 Å². The predicted octanol–water partition coefficient (Wildman–Crippen LogP) is 2.95. The van der Waals surface area contributed by atoms with Crippen LogP contribution in [0, 0.1) is 20.2 Å². The molecule has 1 aromatic heterocycles. The quantitative estimate of drug-likeness (QED) is 0.450. The molecule has 3 aromatic rings. The van der Waals surface area contributed by atoms with Crippen molar-refractivity contribution in [2.45, 2.75) is 0 Å². The lowest BCUT2D eigenvalue weighted by molar-refractivity contribution is -0.390. The molecule has 1 N–H and O–H groups in total. The van der Waals surface area contributed by atoms with Gasteiger partial charge in [0.05, 0.1) is 15.4 Å². The van der Waals surface area contributed by atoms with Crippen molar-refractivity contribution in [3.8, 4) is 0 Å². The molecular weight excluding hydrogens is 278 g/mol. The lowest BCUT2D eigenvalue weighted by Crippen LogP contribution is -1.95. The first-order valence-electron chi connectivity index (χ1n) is 5.85. The minimum atomic E-state index is -0.684. The second-order valence-electron chi connectivity index (χ2n) is 4.39. The SMILES string of the molecule is O=Cc1c[nH]c2c1cc([N+](=O)[O-])c1c([N+](=O)[O-])cccc12. The van der Waals surface area contributed by atoms with Crippen LogP contribution in [0.2, 0.25) is 0 Å². The maximum absolute atomic E-state index is 11.2. The summed E-state index contributed by atoms with van der Waals surface area (Å²) >= 11 is 0. The van der Waals surface area contributed by atoms with Gasteiger partial charge in [0, 0.05) is 34.7 Å². The Bertz CT molecular complexity index is 928. The van der Waals surface area contributed by atoms with Gasteiger partial charge < -0.3 is 4.98 Å². The monoisotopic (exact) mass is 285 g/mol. The Morgan fingerprint density at radius 1 is 1.05 bits per heavy atom. The number of fused-ring (bicyclic) bond motifs is 3. The molecule has 2 aromatic carbocycles. The molecule has 1 heterocycles. The summed E-state index contributed by atoms with van der Waals surface area (Å²) in [6, 6.07) is 5.39. The van der Waals surface area contributed by atoms with Crippen molar-refractivity contribution in [1.29, 1.82) is 0 Å². The van der Waals surface area contributed by atoms with E-state index in [2.05, 4.69) is 4.98 Å². The molecule has 0 spiro atoms. The molecule has 0 fully saturated rings. The van der Waals surface area contributed by atoms with Crippen LogP contribution in [0.3, 0.4) is 0 Å². The fourth-order valence-electron chi connectivity index (χ4n) is 2.45. The number of hydrogen-bond acceptors (Lipinski definition) is 5. The summed E-state index contributed by atoms with van der Waals surface area (Å²) in [7, 11) is 0. The largest absolute Gasteiger partial charge is 0.360 e. The number of nitro benzene ring substituents is 2. The van der Waals surface area contributed by atoms with Gasteiger partial charge in [0.1, 0.15) is 5.39 Å². The second-order valence-corrected chi connectivity index (χ2v) is 4.39. The van der Waals surface area contributed by atoms with Crippen molar-refractivity contribution in [2.24, 2.45) is 0 Å². The molecule has 0 aliphatic carbocycles. The van der Waals surface area contributed by atoms with Crippen LogP contribution in [0.4, 0.5) is 11.4 Å². The molecule has 0 aliphatic heterocycles. The van der Waals surface area contributed by atoms with Gasteiger partial charge in [-0.15, -0.1) is 0 Å². The molecule has 8 nitrogen and oxygen atoms in total. The van der Waals surface area contributed by atoms with Crippen molar-refractivity contribution in [2.75, 3.05) is 0 Å². The molecule has 8 heteroatoms. The highest BCUT2D eigenvalue weighted by atomic mass is 16.6. The number of rotatable bonds is 3. The molecule has 3 rings (SSSR count). The van der Waals surface area contributed by atoms with Crippen LogP contribution in [-0.4, -0.2) is 21.1 Å². The smallest absolute Gasteiger partial charge is 0.284 e. The topological polar surface area (TPSA) is 119 Å². The maximum atomic E-state index is 11.2. The van der Waals surface area contributed by atoms with Crippen LogP contribution in [0.5, 0.6) is 0 Å². The third kappa shape index (κ3) is 1.73. The van der Waals surface area contributed by atoms with E-state index in [9.17, 15) is 25.0 Å². The molecule has 0 bridgehead atoms. The Labute approximate surface area is 116 Å². The Balaban J connectivity index is 2.61. The van der Waals surface area contributed by atoms with Crippen LogP contribution >= 0.6 is 0 Å². The zero-order chi connectivity index (χ0) is 15.1. The average Bonchev–Trinajstić information content (AvgIpc) is 2.88. The van der Waals surface area contributed by atoms with Gasteiger partial charge in [0.15, 0.2) is 6.29 Å². The van der Waals surface area contributed by atoms with E-state index in [1.807, 2.05) is 0 Å². The van der Waals surface area contributed by atoms with Crippen molar-refractivity contribution in [3.05, 3.63) is 56.3 Å². The summed E-state index contributed by atoms with van der Waals surface area (Å²) in [5.74, 6) is 0. The van der Waals surface area contributed by atoms with Gasteiger partial charge in [-0.2, -0.15) is 0 Å². The molecule has 0 radical (unpaired) electrons. The van der Waals surface area contributed by atoms with Gasteiger partial charge in [-0.25, -0.2) is 0 Å². The Morgan fingerprint density at radius 3 is 2.38 bits per heavy atom. The summed E-state index contributed by atoms with van der Waals surface area (Å²) in [5, 5.41) is 23.0. The molecule has 0 saturated carbocycles. The van der Waals surface area contributed by atoms with E-state index < -0.39 is 15.5 Å². The highest BCUT2D eigenvalue weighted by molar-refractivity contribution is 6.16. The normalized spacial score (nSPS) is 10.9. The Morgan fingerprint density at radius 2 is 1.76 bits per heavy atom. The van der Waals surface area contributed by atoms with Crippen LogP contribution in [0.1, 0.15) is 10.4 Å². The molecule has 104 valence electrons. The number of aromatic amines is 1. The lowest BCUT2D eigenvalue weighted by atomic mass is 10.0. The van der Waals surface area contributed by atoms with Crippen molar-refractivity contribution >= 4 is 39.3 Å². The van der Waals surface area contributed by atoms with Gasteiger partial charge in [-0.3, -0.25) is 25.0 Å². The fourth-order valence-corrected chi connectivity index (χ4v) is 2.45. The lowest BCUT2D eigenvalue weighted by Gasteiger charge is -2.03. The van der Waals surface area contributed by atoms with Gasteiger partial charge in [0.25, 0.3) is 11.4 Å². The number of nitrogens with one attached hydrogen (secondary N) is 1. The Kier molecular flexibility index (Phi) is 2.65. The number of nitro groups is 2. The second kappa shape index (κ2) is 4.37. The number of H-pyrrole nitrogens is 1. The molecule has 21 heavy (non-hydrogen) atoms. The zero-order valence-electron chi connectivity index (χ0n) is 10.4. The number of carbonyl (C=O) groups excluding carboxylic acids is 1. The minimum absolute atomic E-state index is 0.0562. The summed E-state index contributed by atoms with van der Waals surface area (Å²) < 4.78 is 0. The molecule has 0 saturated heterocycles. The highest BCUT2D eigenvalue weighted by Gasteiger charge is 2.25. The first kappa shape index (κ1) is 12.7. The first-order valence-corrected chi connectivity index (χ1v) is 5.85. The summed E-state index contributed by atoms with van der Waals surface area (Å²) in [5.41, 5.74) is -0.0150. The van der Waals surface area contributed by atoms with Gasteiger partial charge in [0.2, 0.25) is 0 Å².